The third-order valence-corrected chi connectivity index (χ3v) is 3.20. The number of primary amides is 1. The molecule has 0 aliphatic carbocycles. The van der Waals surface area contributed by atoms with Gasteiger partial charge in [0.1, 0.15) is 6.04 Å². The van der Waals surface area contributed by atoms with Gasteiger partial charge in [0.15, 0.2) is 5.82 Å². The van der Waals surface area contributed by atoms with Gasteiger partial charge in [-0.2, -0.15) is 4.98 Å². The third-order valence-electron chi connectivity index (χ3n) is 3.20. The lowest BCUT2D eigenvalue weighted by atomic mass is 10.2. The summed E-state index contributed by atoms with van der Waals surface area (Å²) in [4.78, 5) is 38.4. The number of aliphatic hydroxyl groups excluding tert-OH is 1. The van der Waals surface area contributed by atoms with E-state index >= 15 is 0 Å². The summed E-state index contributed by atoms with van der Waals surface area (Å²) in [7, 11) is 1.44. The van der Waals surface area contributed by atoms with Crippen molar-refractivity contribution in [2.45, 2.75) is 37.6 Å². The molecule has 0 aliphatic rings. The highest BCUT2D eigenvalue weighted by Gasteiger charge is 2.33. The first-order valence-corrected chi connectivity index (χ1v) is 7.52. The van der Waals surface area contributed by atoms with E-state index in [2.05, 4.69) is 20.8 Å². The first kappa shape index (κ1) is 21.3. The zero-order valence-corrected chi connectivity index (χ0v) is 14.3. The highest BCUT2D eigenvalue weighted by molar-refractivity contribution is 5.83. The second kappa shape index (κ2) is 9.65. The average Bonchev–Trinajstić information content (AvgIpc) is 3.01. The lowest BCUT2D eigenvalue weighted by Crippen LogP contribution is -2.52. The summed E-state index contributed by atoms with van der Waals surface area (Å²) in [5.41, 5.74) is 10.9. The van der Waals surface area contributed by atoms with Gasteiger partial charge in [0.05, 0.1) is 25.2 Å². The lowest BCUT2D eigenvalue weighted by molar-refractivity contribution is -0.141. The number of nitrogens with one attached hydrogen (secondary N) is 2. The second-order valence-corrected chi connectivity index (χ2v) is 5.48. The van der Waals surface area contributed by atoms with Gasteiger partial charge in [0, 0.05) is 11.9 Å². The first-order valence-electron chi connectivity index (χ1n) is 7.52. The van der Waals surface area contributed by atoms with E-state index in [1.54, 1.807) is 0 Å². The van der Waals surface area contributed by atoms with Crippen LogP contribution in [0, 0.1) is 0 Å². The van der Waals surface area contributed by atoms with Gasteiger partial charge in [-0.15, -0.1) is 0 Å². The Morgan fingerprint density at radius 3 is 2.54 bits per heavy atom. The van der Waals surface area contributed by atoms with Crippen LogP contribution in [0.25, 0.3) is 0 Å². The Balaban J connectivity index is 2.89. The Labute approximate surface area is 148 Å². The van der Waals surface area contributed by atoms with E-state index in [1.165, 1.54) is 14.0 Å². The lowest BCUT2D eigenvalue weighted by Gasteiger charge is -2.17. The third kappa shape index (κ3) is 6.27. The summed E-state index contributed by atoms with van der Waals surface area (Å²) in [6, 6.07) is -4.17. The van der Waals surface area contributed by atoms with Crippen LogP contribution in [0.4, 0.5) is 4.79 Å². The molecule has 26 heavy (non-hydrogen) atoms. The maximum Gasteiger partial charge on any atom is 0.541 e. The number of urea groups is 1. The van der Waals surface area contributed by atoms with Crippen molar-refractivity contribution in [3.05, 3.63) is 11.7 Å². The monoisotopic (exact) mass is 375 g/mol. The molecule has 0 aromatic carbocycles. The molecule has 4 atom stereocenters. The molecule has 1 rings (SSSR count). The molecule has 1 aromatic rings. The van der Waals surface area contributed by atoms with E-state index in [0.29, 0.717) is 0 Å². The number of rotatable bonds is 10. The van der Waals surface area contributed by atoms with Crippen molar-refractivity contribution in [3.63, 3.8) is 0 Å². The normalized spacial score (nSPS) is 15.5. The Bertz CT molecular complexity index is 634. The van der Waals surface area contributed by atoms with Crippen LogP contribution in [0.5, 0.6) is 0 Å². The number of hydrogen-bond donors (Lipinski definition) is 5. The maximum atomic E-state index is 12.0. The molecule has 0 radical (unpaired) electrons. The van der Waals surface area contributed by atoms with Crippen molar-refractivity contribution in [1.29, 1.82) is 0 Å². The van der Waals surface area contributed by atoms with Gasteiger partial charge < -0.3 is 41.6 Å². The molecular formula is C13H23N6O7+. The first-order chi connectivity index (χ1) is 12.1. The van der Waals surface area contributed by atoms with Crippen LogP contribution >= 0.6 is 0 Å². The molecule has 0 bridgehead atoms. The van der Waals surface area contributed by atoms with Crippen molar-refractivity contribution in [1.82, 2.24) is 20.8 Å². The fourth-order valence-corrected chi connectivity index (χ4v) is 1.94. The van der Waals surface area contributed by atoms with Gasteiger partial charge in [-0.1, -0.05) is 5.16 Å². The minimum Gasteiger partial charge on any atom is -0.563 e. The average molecular weight is 375 g/mol. The van der Waals surface area contributed by atoms with Crippen molar-refractivity contribution >= 4 is 17.9 Å². The van der Waals surface area contributed by atoms with Gasteiger partial charge >= 0.3 is 12.0 Å². The van der Waals surface area contributed by atoms with E-state index in [0.717, 1.165) is 0 Å². The zero-order valence-electron chi connectivity index (χ0n) is 14.3. The van der Waals surface area contributed by atoms with E-state index in [9.17, 15) is 19.5 Å². The van der Waals surface area contributed by atoms with E-state index in [4.69, 9.17) is 25.8 Å². The maximum absolute atomic E-state index is 12.0. The van der Waals surface area contributed by atoms with Gasteiger partial charge in [-0.3, -0.25) is 4.79 Å². The highest BCUT2D eigenvalue weighted by Crippen LogP contribution is 2.17. The number of nitrogens with two attached hydrogens (primary N) is 2. The van der Waals surface area contributed by atoms with Crippen LogP contribution < -0.4 is 22.1 Å². The van der Waals surface area contributed by atoms with Gasteiger partial charge in [0.25, 0.3) is 0 Å². The molecule has 9 N–H and O–H groups in total. The number of aliphatic hydroxyl groups is 1. The minimum atomic E-state index is -1.45. The molecule has 1 aromatic heterocycles. The van der Waals surface area contributed by atoms with Crippen LogP contribution in [-0.4, -0.2) is 64.1 Å². The number of amides is 3. The van der Waals surface area contributed by atoms with Crippen LogP contribution in [-0.2, 0) is 14.3 Å². The molecule has 0 spiro atoms. The molecule has 3 amide bonds. The van der Waals surface area contributed by atoms with Crippen molar-refractivity contribution in [2.75, 3.05) is 13.7 Å². The molecule has 0 saturated carbocycles. The van der Waals surface area contributed by atoms with Crippen LogP contribution in [0.1, 0.15) is 37.1 Å². The van der Waals surface area contributed by atoms with Crippen molar-refractivity contribution in [2.24, 2.45) is 11.5 Å². The predicted octanol–water partition coefficient (Wildman–Crippen LogP) is -3.07. The Morgan fingerprint density at radius 1 is 1.38 bits per heavy atom. The van der Waals surface area contributed by atoms with Crippen LogP contribution in [0.3, 0.4) is 0 Å². The van der Waals surface area contributed by atoms with Gasteiger partial charge in [0.2, 0.25) is 17.8 Å². The summed E-state index contributed by atoms with van der Waals surface area (Å²) < 4.78 is 9.87. The number of carbonyl (C=O) groups excluding carboxylic acids is 3. The minimum absolute atomic E-state index is 0.0988. The van der Waals surface area contributed by atoms with Gasteiger partial charge in [-0.25, -0.2) is 4.79 Å². The summed E-state index contributed by atoms with van der Waals surface area (Å²) in [6.07, 6.45) is -1.66. The molecule has 0 fully saturated rings. The standard InChI is InChI=1S/C13H22N6O7/c1-5(20)9(12(22)23)17-13(24)16-7(3-8(15)21)11-18-10(19-26-11)6(14)4-25-2/h5-7,9,20H,3-4,14H2,1-2H3,(H2,15,21)(H,22,23)(H2,16,17,24)/p+1/t5?,6-,7-,9-/m0/s1. The molecule has 0 aliphatic heterocycles. The Morgan fingerprint density at radius 2 is 2.04 bits per heavy atom. The number of aromatic nitrogens is 2. The van der Waals surface area contributed by atoms with Gasteiger partial charge in [-0.05, 0) is 6.92 Å². The number of hydrogen-bond acceptors (Lipinski definition) is 9. The van der Waals surface area contributed by atoms with E-state index in [1.807, 2.05) is 0 Å². The summed E-state index contributed by atoms with van der Waals surface area (Å²) in [5, 5.41) is 24.5. The molecular weight excluding hydrogens is 352 g/mol. The molecule has 13 nitrogen and oxygen atoms in total. The summed E-state index contributed by atoms with van der Waals surface area (Å²) >= 11 is 0. The molecule has 1 heterocycles. The fourth-order valence-electron chi connectivity index (χ4n) is 1.94. The van der Waals surface area contributed by atoms with Crippen molar-refractivity contribution < 1.29 is 33.9 Å². The van der Waals surface area contributed by atoms with Crippen LogP contribution in [0.15, 0.2) is 4.52 Å². The molecule has 0 saturated heterocycles. The quantitative estimate of drug-likeness (QED) is 0.261. The SMILES string of the molecule is COC[C@H](N)c1noc([C@H](CC(N)=O)NC(=O)N[C@H](C(=O)[OH2+])C(C)O)n1. The van der Waals surface area contributed by atoms with E-state index in [-0.39, 0.29) is 24.7 Å². The largest absolute Gasteiger partial charge is 0.563 e. The Hall–Kier alpha value is -2.77. The zero-order chi connectivity index (χ0) is 19.9. The highest BCUT2D eigenvalue weighted by atomic mass is 16.5. The number of methoxy groups -OCH3 is 1. The summed E-state index contributed by atoms with van der Waals surface area (Å²) in [5.74, 6) is -1.99. The molecule has 1 unspecified atom stereocenters. The number of ether oxygens (including phenoxy) is 1. The topological polar surface area (TPSA) is 219 Å². The Kier molecular flexibility index (Phi) is 7.89. The number of carbonyl (C=O) groups is 3. The second-order valence-electron chi connectivity index (χ2n) is 5.48. The fraction of sp³-hybridized carbons (Fsp3) is 0.615. The molecule has 13 heteroatoms. The summed E-state index contributed by atoms with van der Waals surface area (Å²) in [6.45, 7) is 1.36. The van der Waals surface area contributed by atoms with Crippen molar-refractivity contribution in [3.8, 4) is 0 Å². The number of nitrogens with zero attached hydrogens (tertiary/aromatic N) is 2. The smallest absolute Gasteiger partial charge is 0.541 e. The predicted molar refractivity (Wildman–Crippen MR) is 85.4 cm³/mol. The van der Waals surface area contributed by atoms with E-state index < -0.39 is 42.1 Å². The van der Waals surface area contributed by atoms with Crippen LogP contribution in [0.2, 0.25) is 0 Å². The molecule has 146 valence electrons.